The number of ether oxygens (including phenoxy) is 1. The summed E-state index contributed by atoms with van der Waals surface area (Å²) in [5.41, 5.74) is 0. The first-order valence-corrected chi connectivity index (χ1v) is 17.6. The molecule has 4 heteroatoms. The van der Waals surface area contributed by atoms with Crippen LogP contribution in [0.1, 0.15) is 194 Å². The highest BCUT2D eigenvalue weighted by atomic mass is 16.5. The topological polar surface area (TPSA) is 66.8 Å². The molecule has 0 aromatic carbocycles. The minimum atomic E-state index is -0.832. The lowest BCUT2D eigenvalue weighted by atomic mass is 9.94. The summed E-state index contributed by atoms with van der Waals surface area (Å²) < 4.78 is 5.58. The number of hydrogen-bond acceptors (Lipinski definition) is 4. The Morgan fingerprint density at radius 2 is 0.872 bits per heavy atom. The summed E-state index contributed by atoms with van der Waals surface area (Å²) in [5, 5.41) is 19.2. The van der Waals surface area contributed by atoms with Gasteiger partial charge in [0.05, 0.1) is 25.2 Å². The van der Waals surface area contributed by atoms with E-state index in [9.17, 15) is 15.0 Å². The predicted molar refractivity (Wildman–Crippen MR) is 168 cm³/mol. The normalized spacial score (nSPS) is 13.0. The average Bonchev–Trinajstić information content (AvgIpc) is 2.94. The van der Waals surface area contributed by atoms with Gasteiger partial charge in [-0.05, 0) is 19.3 Å². The second-order valence-electron chi connectivity index (χ2n) is 12.2. The predicted octanol–water partition coefficient (Wildman–Crippen LogP) is 10.5. The van der Waals surface area contributed by atoms with Crippen LogP contribution in [0.5, 0.6) is 0 Å². The number of rotatable bonds is 32. The molecule has 0 aromatic heterocycles. The zero-order valence-electron chi connectivity index (χ0n) is 26.6. The quantitative estimate of drug-likeness (QED) is 0.0641. The lowest BCUT2D eigenvalue weighted by Crippen LogP contribution is -2.25. The molecule has 39 heavy (non-hydrogen) atoms. The number of hydrogen-bond donors (Lipinski definition) is 2. The Labute approximate surface area is 244 Å². The Hall–Kier alpha value is -0.610. The van der Waals surface area contributed by atoms with E-state index in [4.69, 9.17) is 4.74 Å². The molecule has 0 radical (unpaired) electrons. The second kappa shape index (κ2) is 31.9. The Bertz CT molecular complexity index is 481. The molecule has 0 bridgehead atoms. The van der Waals surface area contributed by atoms with E-state index in [1.807, 2.05) is 0 Å². The summed E-state index contributed by atoms with van der Waals surface area (Å²) in [7, 11) is 0. The Morgan fingerprint density at radius 1 is 0.538 bits per heavy atom. The first-order valence-electron chi connectivity index (χ1n) is 17.6. The molecule has 0 heterocycles. The molecule has 0 fully saturated rings. The van der Waals surface area contributed by atoms with E-state index >= 15 is 0 Å². The van der Waals surface area contributed by atoms with Crippen LogP contribution in [0.15, 0.2) is 0 Å². The Kier molecular flexibility index (Phi) is 31.4. The van der Waals surface area contributed by atoms with Crippen molar-refractivity contribution in [3.63, 3.8) is 0 Å². The van der Waals surface area contributed by atoms with Crippen molar-refractivity contribution in [3.05, 3.63) is 0 Å². The highest BCUT2D eigenvalue weighted by Gasteiger charge is 2.22. The van der Waals surface area contributed by atoms with Gasteiger partial charge >= 0.3 is 5.97 Å². The Morgan fingerprint density at radius 3 is 1.23 bits per heavy atom. The summed E-state index contributed by atoms with van der Waals surface area (Å²) >= 11 is 0. The third kappa shape index (κ3) is 28.7. The van der Waals surface area contributed by atoms with Crippen LogP contribution in [0.3, 0.4) is 0 Å². The van der Waals surface area contributed by atoms with Gasteiger partial charge in [-0.2, -0.15) is 0 Å². The van der Waals surface area contributed by atoms with Gasteiger partial charge in [-0.15, -0.1) is 0 Å². The van der Waals surface area contributed by atoms with Gasteiger partial charge in [-0.1, -0.05) is 174 Å². The van der Waals surface area contributed by atoms with Gasteiger partial charge in [0.15, 0.2) is 0 Å². The van der Waals surface area contributed by atoms with E-state index in [1.165, 1.54) is 141 Å². The third-order valence-corrected chi connectivity index (χ3v) is 8.25. The van der Waals surface area contributed by atoms with Crippen molar-refractivity contribution >= 4 is 5.97 Å². The molecule has 0 amide bonds. The highest BCUT2D eigenvalue weighted by molar-refractivity contribution is 5.72. The van der Waals surface area contributed by atoms with E-state index < -0.39 is 6.10 Å². The van der Waals surface area contributed by atoms with Crippen LogP contribution >= 0.6 is 0 Å². The second-order valence-corrected chi connectivity index (χ2v) is 12.2. The summed E-state index contributed by atoms with van der Waals surface area (Å²) in [4.78, 5) is 12.6. The lowest BCUT2D eigenvalue weighted by molar-refractivity contribution is -0.150. The van der Waals surface area contributed by atoms with Gasteiger partial charge in [0, 0.05) is 0 Å². The minimum absolute atomic E-state index is 0.180. The van der Waals surface area contributed by atoms with Gasteiger partial charge in [0.1, 0.15) is 0 Å². The smallest absolute Gasteiger partial charge is 0.309 e. The fourth-order valence-electron chi connectivity index (χ4n) is 5.55. The molecular formula is C35H70O4. The number of aliphatic hydroxyl groups is 2. The first kappa shape index (κ1) is 38.4. The average molecular weight is 555 g/mol. The van der Waals surface area contributed by atoms with E-state index in [1.54, 1.807) is 0 Å². The largest absolute Gasteiger partial charge is 0.465 e. The van der Waals surface area contributed by atoms with Crippen molar-refractivity contribution in [1.29, 1.82) is 0 Å². The first-order chi connectivity index (χ1) is 19.2. The maximum atomic E-state index is 12.6. The fourth-order valence-corrected chi connectivity index (χ4v) is 5.55. The Balaban J connectivity index is 3.73. The zero-order valence-corrected chi connectivity index (χ0v) is 26.6. The van der Waals surface area contributed by atoms with E-state index in [0.717, 1.165) is 32.1 Å². The molecule has 4 nitrogen and oxygen atoms in total. The van der Waals surface area contributed by atoms with Crippen molar-refractivity contribution in [2.75, 3.05) is 13.2 Å². The van der Waals surface area contributed by atoms with Crippen LogP contribution in [0.2, 0.25) is 0 Å². The molecule has 0 aromatic rings. The maximum Gasteiger partial charge on any atom is 0.309 e. The van der Waals surface area contributed by atoms with E-state index in [2.05, 4.69) is 13.8 Å². The van der Waals surface area contributed by atoms with Crippen LogP contribution in [0.4, 0.5) is 0 Å². The number of carbonyl (C=O) groups excluding carboxylic acids is 1. The zero-order chi connectivity index (χ0) is 28.7. The summed E-state index contributed by atoms with van der Waals surface area (Å²) in [5.74, 6) is -0.470. The van der Waals surface area contributed by atoms with E-state index in [0.29, 0.717) is 13.0 Å². The van der Waals surface area contributed by atoms with Crippen molar-refractivity contribution in [3.8, 4) is 0 Å². The molecule has 0 saturated carbocycles. The molecule has 0 spiro atoms. The minimum Gasteiger partial charge on any atom is -0.465 e. The van der Waals surface area contributed by atoms with Crippen molar-refractivity contribution in [1.82, 2.24) is 0 Å². The standard InChI is InChI=1S/C35H70O4/c1-3-5-7-9-11-13-15-17-18-20-22-24-26-28-30-39-35(38)33(31-34(37)32-36)29-27-25-23-21-19-16-14-12-10-8-6-4-2/h33-34,36-37H,3-32H2,1-2H3. The van der Waals surface area contributed by atoms with Crippen LogP contribution in [-0.2, 0) is 9.53 Å². The van der Waals surface area contributed by atoms with Crippen LogP contribution in [0, 0.1) is 5.92 Å². The highest BCUT2D eigenvalue weighted by Crippen LogP contribution is 2.20. The number of aliphatic hydroxyl groups excluding tert-OH is 2. The number of carbonyl (C=O) groups is 1. The molecule has 0 aliphatic heterocycles. The maximum absolute atomic E-state index is 12.6. The molecule has 2 atom stereocenters. The summed E-state index contributed by atoms with van der Waals surface area (Å²) in [6.07, 6.45) is 34.2. The third-order valence-electron chi connectivity index (χ3n) is 8.25. The van der Waals surface area contributed by atoms with Crippen LogP contribution < -0.4 is 0 Å². The van der Waals surface area contributed by atoms with E-state index in [-0.39, 0.29) is 18.5 Å². The fraction of sp³-hybridized carbons (Fsp3) is 0.971. The van der Waals surface area contributed by atoms with Crippen molar-refractivity contribution < 1.29 is 19.7 Å². The lowest BCUT2D eigenvalue weighted by Gasteiger charge is -2.18. The SMILES string of the molecule is CCCCCCCCCCCCCCCCOC(=O)C(CCCCCCCCCCCCCC)CC(O)CO. The van der Waals surface area contributed by atoms with Crippen LogP contribution in [0.25, 0.3) is 0 Å². The number of esters is 1. The number of unbranched alkanes of at least 4 members (excludes halogenated alkanes) is 24. The van der Waals surface area contributed by atoms with Crippen LogP contribution in [-0.4, -0.2) is 35.5 Å². The van der Waals surface area contributed by atoms with Gasteiger partial charge < -0.3 is 14.9 Å². The molecule has 0 aliphatic rings. The molecule has 234 valence electrons. The van der Waals surface area contributed by atoms with Crippen molar-refractivity contribution in [2.45, 2.75) is 200 Å². The molecule has 0 rings (SSSR count). The van der Waals surface area contributed by atoms with Gasteiger partial charge in [-0.25, -0.2) is 0 Å². The van der Waals surface area contributed by atoms with Gasteiger partial charge in [0.2, 0.25) is 0 Å². The van der Waals surface area contributed by atoms with Gasteiger partial charge in [0.25, 0.3) is 0 Å². The molecule has 2 N–H and O–H groups in total. The summed E-state index contributed by atoms with van der Waals surface area (Å²) in [6.45, 7) is 4.74. The molecule has 0 saturated heterocycles. The summed E-state index contributed by atoms with van der Waals surface area (Å²) in [6, 6.07) is 0. The monoisotopic (exact) mass is 555 g/mol. The van der Waals surface area contributed by atoms with Gasteiger partial charge in [-0.3, -0.25) is 4.79 Å². The molecule has 0 aliphatic carbocycles. The molecular weight excluding hydrogens is 484 g/mol. The molecule has 2 unspecified atom stereocenters. The van der Waals surface area contributed by atoms with Crippen molar-refractivity contribution in [2.24, 2.45) is 5.92 Å².